The first-order valence-corrected chi connectivity index (χ1v) is 11.5. The van der Waals surface area contributed by atoms with Crippen LogP contribution in [0.5, 0.6) is 11.5 Å². The number of hydrogen-bond donors (Lipinski definition) is 1. The van der Waals surface area contributed by atoms with Crippen molar-refractivity contribution in [1.29, 1.82) is 0 Å². The van der Waals surface area contributed by atoms with Crippen LogP contribution in [0.3, 0.4) is 0 Å². The lowest BCUT2D eigenvalue weighted by Gasteiger charge is -2.24. The van der Waals surface area contributed by atoms with Gasteiger partial charge in [0.25, 0.3) is 15.9 Å². The van der Waals surface area contributed by atoms with Gasteiger partial charge in [0.2, 0.25) is 0 Å². The van der Waals surface area contributed by atoms with Gasteiger partial charge in [0.1, 0.15) is 6.54 Å². The normalized spacial score (nSPS) is 11.2. The van der Waals surface area contributed by atoms with Crippen molar-refractivity contribution >= 4 is 39.4 Å². The molecule has 0 fully saturated rings. The number of halogens is 1. The van der Waals surface area contributed by atoms with Crippen molar-refractivity contribution in [2.75, 3.05) is 25.1 Å². The number of hydrogen-bond acceptors (Lipinski definition) is 6. The van der Waals surface area contributed by atoms with E-state index in [1.165, 1.54) is 38.6 Å². The van der Waals surface area contributed by atoms with Crippen LogP contribution in [0.25, 0.3) is 0 Å². The van der Waals surface area contributed by atoms with Gasteiger partial charge in [-0.2, -0.15) is 5.10 Å². The molecule has 8 nitrogen and oxygen atoms in total. The largest absolute Gasteiger partial charge is 0.493 e. The monoisotopic (exact) mass is 487 g/mol. The molecule has 10 heteroatoms. The van der Waals surface area contributed by atoms with Crippen LogP contribution in [0.4, 0.5) is 5.69 Å². The molecule has 1 N–H and O–H groups in total. The highest BCUT2D eigenvalue weighted by Crippen LogP contribution is 2.30. The Morgan fingerprint density at radius 1 is 1.00 bits per heavy atom. The number of anilines is 1. The van der Waals surface area contributed by atoms with Crippen LogP contribution in [-0.4, -0.2) is 41.3 Å². The molecule has 0 spiro atoms. The van der Waals surface area contributed by atoms with Gasteiger partial charge in [0, 0.05) is 0 Å². The summed E-state index contributed by atoms with van der Waals surface area (Å²) in [6.45, 7) is -0.524. The molecule has 0 atom stereocenters. The van der Waals surface area contributed by atoms with Gasteiger partial charge in [0.15, 0.2) is 11.5 Å². The van der Waals surface area contributed by atoms with Crippen molar-refractivity contribution in [3.05, 3.63) is 83.4 Å². The second-order valence-electron chi connectivity index (χ2n) is 6.68. The summed E-state index contributed by atoms with van der Waals surface area (Å²) >= 11 is 6.24. The number of carbonyl (C=O) groups excluding carboxylic acids is 1. The fourth-order valence-corrected chi connectivity index (χ4v) is 4.70. The van der Waals surface area contributed by atoms with Crippen molar-refractivity contribution in [3.63, 3.8) is 0 Å². The molecule has 0 aromatic heterocycles. The van der Waals surface area contributed by atoms with Crippen LogP contribution in [0.2, 0.25) is 5.02 Å². The lowest BCUT2D eigenvalue weighted by atomic mass is 10.2. The molecule has 3 aromatic rings. The molecular formula is C23H22ClN3O5S. The van der Waals surface area contributed by atoms with E-state index in [9.17, 15) is 13.2 Å². The van der Waals surface area contributed by atoms with Crippen LogP contribution in [0.15, 0.2) is 82.8 Å². The number of ether oxygens (including phenoxy) is 2. The number of rotatable bonds is 9. The number of amides is 1. The van der Waals surface area contributed by atoms with Crippen LogP contribution >= 0.6 is 11.6 Å². The lowest BCUT2D eigenvalue weighted by Crippen LogP contribution is -2.39. The third-order valence-corrected chi connectivity index (χ3v) is 6.64. The molecule has 3 aromatic carbocycles. The Morgan fingerprint density at radius 3 is 2.33 bits per heavy atom. The average molecular weight is 488 g/mol. The van der Waals surface area contributed by atoms with Crippen LogP contribution in [-0.2, 0) is 14.8 Å². The minimum absolute atomic E-state index is 0.0338. The molecule has 0 saturated heterocycles. The van der Waals surface area contributed by atoms with Crippen molar-refractivity contribution < 1.29 is 22.7 Å². The number of methoxy groups -OCH3 is 2. The molecular weight excluding hydrogens is 466 g/mol. The molecule has 3 rings (SSSR count). The predicted octanol–water partition coefficient (Wildman–Crippen LogP) is 3.70. The minimum Gasteiger partial charge on any atom is -0.493 e. The van der Waals surface area contributed by atoms with Crippen LogP contribution in [0, 0.1) is 0 Å². The summed E-state index contributed by atoms with van der Waals surface area (Å²) in [5, 5.41) is 4.11. The molecule has 0 aliphatic heterocycles. The van der Waals surface area contributed by atoms with Gasteiger partial charge in [0.05, 0.1) is 36.0 Å². The second kappa shape index (κ2) is 10.8. The zero-order valence-electron chi connectivity index (χ0n) is 17.9. The maximum Gasteiger partial charge on any atom is 0.264 e. The van der Waals surface area contributed by atoms with E-state index in [1.807, 2.05) is 0 Å². The summed E-state index contributed by atoms with van der Waals surface area (Å²) < 4.78 is 37.9. The third kappa shape index (κ3) is 5.82. The Bertz CT molecular complexity index is 1250. The smallest absolute Gasteiger partial charge is 0.264 e. The van der Waals surface area contributed by atoms with Gasteiger partial charge >= 0.3 is 0 Å². The van der Waals surface area contributed by atoms with Gasteiger partial charge in [-0.25, -0.2) is 13.8 Å². The zero-order valence-corrected chi connectivity index (χ0v) is 19.5. The van der Waals surface area contributed by atoms with E-state index < -0.39 is 22.5 Å². The molecule has 1 amide bonds. The lowest BCUT2D eigenvalue weighted by molar-refractivity contribution is -0.119. The number of sulfonamides is 1. The molecule has 0 heterocycles. The average Bonchev–Trinajstić information content (AvgIpc) is 2.83. The Morgan fingerprint density at radius 2 is 1.67 bits per heavy atom. The standard InChI is InChI=1S/C23H22ClN3O5S/c1-31-21-13-12-17(14-22(21)32-2)15-25-26-23(28)16-27(20-11-7-6-10-19(20)24)33(29,30)18-8-4-3-5-9-18/h3-15H,16H2,1-2H3,(H,26,28)/b25-15+. The first-order valence-electron chi connectivity index (χ1n) is 9.73. The summed E-state index contributed by atoms with van der Waals surface area (Å²) in [6, 6.07) is 19.3. The van der Waals surface area contributed by atoms with E-state index in [1.54, 1.807) is 54.6 Å². The van der Waals surface area contributed by atoms with Crippen LogP contribution < -0.4 is 19.2 Å². The molecule has 0 saturated carbocycles. The van der Waals surface area contributed by atoms with Crippen molar-refractivity contribution in [1.82, 2.24) is 5.43 Å². The maximum absolute atomic E-state index is 13.3. The summed E-state index contributed by atoms with van der Waals surface area (Å²) in [4.78, 5) is 12.6. The minimum atomic E-state index is -4.06. The maximum atomic E-state index is 13.3. The van der Waals surface area contributed by atoms with Crippen molar-refractivity contribution in [3.8, 4) is 11.5 Å². The topological polar surface area (TPSA) is 97.3 Å². The second-order valence-corrected chi connectivity index (χ2v) is 8.95. The fourth-order valence-electron chi connectivity index (χ4n) is 2.95. The highest BCUT2D eigenvalue weighted by Gasteiger charge is 2.28. The number of para-hydroxylation sites is 1. The van der Waals surface area contributed by atoms with Crippen LogP contribution in [0.1, 0.15) is 5.56 Å². The van der Waals surface area contributed by atoms with E-state index in [0.717, 1.165) is 4.31 Å². The van der Waals surface area contributed by atoms with Gasteiger partial charge in [-0.3, -0.25) is 9.10 Å². The van der Waals surface area contributed by atoms with Gasteiger partial charge < -0.3 is 9.47 Å². The number of nitrogens with zero attached hydrogens (tertiary/aromatic N) is 2. The fraction of sp³-hybridized carbons (Fsp3) is 0.130. The number of hydrazone groups is 1. The van der Waals surface area contributed by atoms with E-state index in [0.29, 0.717) is 17.1 Å². The Hall–Kier alpha value is -3.56. The predicted molar refractivity (Wildman–Crippen MR) is 128 cm³/mol. The first kappa shape index (κ1) is 24.1. The van der Waals surface area contributed by atoms with Crippen molar-refractivity contribution in [2.24, 2.45) is 5.10 Å². The summed E-state index contributed by atoms with van der Waals surface area (Å²) in [5.41, 5.74) is 3.18. The molecule has 0 radical (unpaired) electrons. The molecule has 0 unspecified atom stereocenters. The highest BCUT2D eigenvalue weighted by atomic mass is 35.5. The highest BCUT2D eigenvalue weighted by molar-refractivity contribution is 7.92. The third-order valence-electron chi connectivity index (χ3n) is 4.55. The van der Waals surface area contributed by atoms with Crippen molar-refractivity contribution in [2.45, 2.75) is 4.90 Å². The first-order chi connectivity index (χ1) is 15.9. The molecule has 33 heavy (non-hydrogen) atoms. The van der Waals surface area contributed by atoms with Gasteiger partial charge in [-0.1, -0.05) is 41.9 Å². The Balaban J connectivity index is 1.81. The van der Waals surface area contributed by atoms with E-state index in [-0.39, 0.29) is 15.6 Å². The number of benzene rings is 3. The number of carbonyl (C=O) groups is 1. The summed E-state index contributed by atoms with van der Waals surface area (Å²) in [7, 11) is -1.02. The SMILES string of the molecule is COc1ccc(/C=N/NC(=O)CN(c2ccccc2Cl)S(=O)(=O)c2ccccc2)cc1OC. The summed E-state index contributed by atoms with van der Waals surface area (Å²) in [5.74, 6) is 0.415. The Labute approximate surface area is 197 Å². The van der Waals surface area contributed by atoms with E-state index >= 15 is 0 Å². The van der Waals surface area contributed by atoms with E-state index in [2.05, 4.69) is 10.5 Å². The Kier molecular flexibility index (Phi) is 7.92. The number of nitrogens with one attached hydrogen (secondary N) is 1. The molecule has 0 aliphatic rings. The van der Waals surface area contributed by atoms with E-state index in [4.69, 9.17) is 21.1 Å². The van der Waals surface area contributed by atoms with Gasteiger partial charge in [-0.05, 0) is 48.0 Å². The molecule has 172 valence electrons. The quantitative estimate of drug-likeness (QED) is 0.366. The van der Waals surface area contributed by atoms with Gasteiger partial charge in [-0.15, -0.1) is 0 Å². The summed E-state index contributed by atoms with van der Waals surface area (Å²) in [6.07, 6.45) is 1.41. The zero-order chi connectivity index (χ0) is 23.8. The molecule has 0 aliphatic carbocycles. The molecule has 0 bridgehead atoms.